The summed E-state index contributed by atoms with van der Waals surface area (Å²) in [4.78, 5) is 12.9. The van der Waals surface area contributed by atoms with Gasteiger partial charge >= 0.3 is 5.97 Å². The van der Waals surface area contributed by atoms with Gasteiger partial charge in [0.2, 0.25) is 0 Å². The van der Waals surface area contributed by atoms with E-state index >= 15 is 0 Å². The maximum Gasteiger partial charge on any atom is 0.305 e. The zero-order valence-corrected chi connectivity index (χ0v) is 7.84. The van der Waals surface area contributed by atoms with Crippen LogP contribution in [0.3, 0.4) is 0 Å². The van der Waals surface area contributed by atoms with Gasteiger partial charge in [-0.25, -0.2) is 0 Å². The van der Waals surface area contributed by atoms with E-state index in [0.29, 0.717) is 5.70 Å². The van der Waals surface area contributed by atoms with Crippen LogP contribution in [-0.2, 0) is 4.79 Å². The van der Waals surface area contributed by atoms with Crippen LogP contribution in [0.2, 0.25) is 0 Å². The van der Waals surface area contributed by atoms with Crippen molar-refractivity contribution in [2.24, 2.45) is 10.8 Å². The first kappa shape index (κ1) is 12.3. The normalized spacial score (nSPS) is 12.9. The monoisotopic (exact) mass is 199 g/mol. The van der Waals surface area contributed by atoms with Crippen LogP contribution in [0.15, 0.2) is 16.9 Å². The number of nitrogens with one attached hydrogen (secondary N) is 1. The average Bonchev–Trinajstić information content (AvgIpc) is 2.10. The van der Waals surface area contributed by atoms with Crippen LogP contribution >= 0.6 is 0 Å². The summed E-state index contributed by atoms with van der Waals surface area (Å²) in [7, 11) is 1.65. The summed E-state index contributed by atoms with van der Waals surface area (Å²) in [6.45, 7) is 0.139. The van der Waals surface area contributed by atoms with E-state index in [2.05, 4.69) is 15.3 Å². The largest absolute Gasteiger partial charge is 0.481 e. The second-order valence-corrected chi connectivity index (χ2v) is 2.59. The first-order chi connectivity index (χ1) is 6.60. The van der Waals surface area contributed by atoms with Crippen molar-refractivity contribution in [3.05, 3.63) is 22.2 Å². The van der Waals surface area contributed by atoms with Crippen molar-refractivity contribution in [1.29, 1.82) is 0 Å². The second kappa shape index (κ2) is 6.76. The summed E-state index contributed by atoms with van der Waals surface area (Å²) < 4.78 is 0. The first-order valence-corrected chi connectivity index (χ1v) is 3.96. The van der Waals surface area contributed by atoms with Crippen molar-refractivity contribution in [3.63, 3.8) is 0 Å². The van der Waals surface area contributed by atoms with E-state index in [1.165, 1.54) is 6.08 Å². The smallest absolute Gasteiger partial charge is 0.305 e. The van der Waals surface area contributed by atoms with E-state index in [0.717, 1.165) is 0 Å². The van der Waals surface area contributed by atoms with Crippen LogP contribution in [-0.4, -0.2) is 30.7 Å². The number of nitrogens with two attached hydrogens (primary N) is 1. The third-order valence-corrected chi connectivity index (χ3v) is 1.45. The van der Waals surface area contributed by atoms with Gasteiger partial charge in [-0.05, 0) is 11.6 Å². The lowest BCUT2D eigenvalue weighted by Crippen LogP contribution is -2.24. The van der Waals surface area contributed by atoms with E-state index in [9.17, 15) is 4.79 Å². The zero-order valence-electron chi connectivity index (χ0n) is 7.84. The lowest BCUT2D eigenvalue weighted by atomic mass is 10.2. The number of carboxylic acid groups (broad SMARTS) is 1. The average molecular weight is 199 g/mol. The quantitative estimate of drug-likeness (QED) is 0.321. The van der Waals surface area contributed by atoms with Gasteiger partial charge in [0.15, 0.2) is 0 Å². The van der Waals surface area contributed by atoms with E-state index < -0.39 is 12.0 Å². The third kappa shape index (κ3) is 5.87. The molecular formula is C7H13N5O2. The fraction of sp³-hybridized carbons (Fsp3) is 0.571. The molecule has 0 fully saturated rings. The molecule has 0 aromatic rings. The molecule has 0 aliphatic heterocycles. The van der Waals surface area contributed by atoms with Crippen LogP contribution < -0.4 is 11.1 Å². The standard InChI is InChI=1S/C7H13N5O2/c1-10-6(4-11-12-9)2-5(8)3-7(13)14/h2,5,10H,3-4,8H2,1H3,(H,13,14)/b6-2-. The Bertz CT molecular complexity index is 269. The number of carbonyl (C=O) groups is 1. The molecule has 0 aromatic heterocycles. The number of nitrogens with zero attached hydrogens (tertiary/aromatic N) is 3. The predicted octanol–water partition coefficient (Wildman–Crippen LogP) is 0.202. The Kier molecular flexibility index (Phi) is 5.93. The van der Waals surface area contributed by atoms with Crippen molar-refractivity contribution in [1.82, 2.24) is 5.32 Å². The Morgan fingerprint density at radius 3 is 2.93 bits per heavy atom. The fourth-order valence-corrected chi connectivity index (χ4v) is 0.842. The summed E-state index contributed by atoms with van der Waals surface area (Å²) in [5.74, 6) is -0.965. The van der Waals surface area contributed by atoms with Crippen LogP contribution in [0.1, 0.15) is 6.42 Å². The van der Waals surface area contributed by atoms with Gasteiger partial charge in [0.25, 0.3) is 0 Å². The van der Waals surface area contributed by atoms with Gasteiger partial charge in [-0.15, -0.1) is 0 Å². The summed E-state index contributed by atoms with van der Waals surface area (Å²) in [5, 5.41) is 14.5. The fourth-order valence-electron chi connectivity index (χ4n) is 0.842. The minimum atomic E-state index is -0.965. The van der Waals surface area contributed by atoms with Gasteiger partial charge in [-0.3, -0.25) is 4.79 Å². The van der Waals surface area contributed by atoms with Gasteiger partial charge in [0, 0.05) is 23.7 Å². The van der Waals surface area contributed by atoms with E-state index in [4.69, 9.17) is 16.4 Å². The molecule has 0 saturated carbocycles. The maximum absolute atomic E-state index is 10.3. The molecule has 7 nitrogen and oxygen atoms in total. The van der Waals surface area contributed by atoms with Gasteiger partial charge in [0.05, 0.1) is 13.0 Å². The van der Waals surface area contributed by atoms with Gasteiger partial charge < -0.3 is 16.2 Å². The molecule has 0 spiro atoms. The molecule has 1 atom stereocenters. The summed E-state index contributed by atoms with van der Waals surface area (Å²) in [6, 6.07) is -0.580. The maximum atomic E-state index is 10.3. The third-order valence-electron chi connectivity index (χ3n) is 1.45. The Morgan fingerprint density at radius 1 is 1.86 bits per heavy atom. The van der Waals surface area contributed by atoms with Crippen LogP contribution in [0.25, 0.3) is 10.4 Å². The number of hydrogen-bond donors (Lipinski definition) is 3. The molecule has 0 aliphatic carbocycles. The molecule has 1 unspecified atom stereocenters. The van der Waals surface area contributed by atoms with Crippen LogP contribution in [0, 0.1) is 0 Å². The Labute approximate surface area is 81.2 Å². The van der Waals surface area contributed by atoms with E-state index in [-0.39, 0.29) is 13.0 Å². The Morgan fingerprint density at radius 2 is 2.50 bits per heavy atom. The molecule has 0 aliphatic rings. The zero-order chi connectivity index (χ0) is 11.0. The number of hydrogen-bond acceptors (Lipinski definition) is 4. The molecule has 78 valence electrons. The molecule has 0 aromatic carbocycles. The molecule has 0 bridgehead atoms. The van der Waals surface area contributed by atoms with E-state index in [1.54, 1.807) is 7.05 Å². The van der Waals surface area contributed by atoms with E-state index in [1.807, 2.05) is 0 Å². The van der Waals surface area contributed by atoms with Crippen molar-refractivity contribution in [3.8, 4) is 0 Å². The molecule has 14 heavy (non-hydrogen) atoms. The molecule has 0 amide bonds. The molecule has 4 N–H and O–H groups in total. The number of aliphatic carboxylic acids is 1. The van der Waals surface area contributed by atoms with Crippen LogP contribution in [0.4, 0.5) is 0 Å². The lowest BCUT2D eigenvalue weighted by molar-refractivity contribution is -0.137. The van der Waals surface area contributed by atoms with Crippen molar-refractivity contribution in [2.75, 3.05) is 13.6 Å². The minimum Gasteiger partial charge on any atom is -0.481 e. The first-order valence-electron chi connectivity index (χ1n) is 3.96. The predicted molar refractivity (Wildman–Crippen MR) is 51.4 cm³/mol. The van der Waals surface area contributed by atoms with Crippen molar-refractivity contribution in [2.45, 2.75) is 12.5 Å². The topological polar surface area (TPSA) is 124 Å². The van der Waals surface area contributed by atoms with Crippen LogP contribution in [0.5, 0.6) is 0 Å². The highest BCUT2D eigenvalue weighted by Crippen LogP contribution is 1.96. The van der Waals surface area contributed by atoms with Gasteiger partial charge in [-0.1, -0.05) is 5.11 Å². The highest BCUT2D eigenvalue weighted by Gasteiger charge is 2.05. The van der Waals surface area contributed by atoms with Gasteiger partial charge in [-0.2, -0.15) is 0 Å². The molecular weight excluding hydrogens is 186 g/mol. The summed E-state index contributed by atoms with van der Waals surface area (Å²) in [6.07, 6.45) is 1.38. The van der Waals surface area contributed by atoms with Gasteiger partial charge in [0.1, 0.15) is 0 Å². The minimum absolute atomic E-state index is 0.139. The molecule has 0 saturated heterocycles. The van der Waals surface area contributed by atoms with Crippen molar-refractivity contribution < 1.29 is 9.90 Å². The SMILES string of the molecule is CN/C(=C\C(N)CC(=O)O)CN=[N+]=[N-]. The molecule has 7 heteroatoms. The number of likely N-dealkylation sites (N-methyl/N-ethyl adjacent to an activating group) is 1. The molecule has 0 rings (SSSR count). The highest BCUT2D eigenvalue weighted by molar-refractivity contribution is 5.67. The highest BCUT2D eigenvalue weighted by atomic mass is 16.4. The second-order valence-electron chi connectivity index (χ2n) is 2.59. The number of rotatable bonds is 6. The summed E-state index contributed by atoms with van der Waals surface area (Å²) in [5.41, 5.74) is 14.2. The molecule has 0 heterocycles. The lowest BCUT2D eigenvalue weighted by Gasteiger charge is -2.07. The number of azide groups is 1. The number of carboxylic acids is 1. The summed E-state index contributed by atoms with van der Waals surface area (Å²) >= 11 is 0. The Hall–Kier alpha value is -1.72. The Balaban J connectivity index is 4.26. The molecule has 0 radical (unpaired) electrons. The van der Waals surface area contributed by atoms with Crippen molar-refractivity contribution >= 4 is 5.97 Å².